The maximum atomic E-state index is 11.0. The molecule has 3 nitrogen and oxygen atoms in total. The van der Waals surface area contributed by atoms with Gasteiger partial charge in [0.15, 0.2) is 0 Å². The SMILES string of the molecule is CC(C)[C@@H]1C(=O)N[C@H]1CCO. The van der Waals surface area contributed by atoms with Gasteiger partial charge in [-0.15, -0.1) is 0 Å². The van der Waals surface area contributed by atoms with Crippen molar-refractivity contribution in [2.24, 2.45) is 11.8 Å². The molecular formula is C8H15NO2. The lowest BCUT2D eigenvalue weighted by Crippen LogP contribution is -2.60. The fraction of sp³-hybridized carbons (Fsp3) is 0.875. The monoisotopic (exact) mass is 157 g/mol. The van der Waals surface area contributed by atoms with Gasteiger partial charge in [-0.3, -0.25) is 4.79 Å². The maximum Gasteiger partial charge on any atom is 0.225 e. The summed E-state index contributed by atoms with van der Waals surface area (Å²) in [5.74, 6) is 0.654. The second-order valence-corrected chi connectivity index (χ2v) is 3.40. The van der Waals surface area contributed by atoms with Crippen LogP contribution in [0.4, 0.5) is 0 Å². The Kier molecular flexibility index (Phi) is 2.49. The van der Waals surface area contributed by atoms with Crippen LogP contribution in [0, 0.1) is 11.8 Å². The van der Waals surface area contributed by atoms with Crippen LogP contribution in [0.25, 0.3) is 0 Å². The molecule has 0 aromatic rings. The lowest BCUT2D eigenvalue weighted by atomic mass is 9.80. The van der Waals surface area contributed by atoms with Crippen molar-refractivity contribution in [3.63, 3.8) is 0 Å². The molecule has 1 amide bonds. The Morgan fingerprint density at radius 3 is 2.64 bits per heavy atom. The minimum absolute atomic E-state index is 0.127. The zero-order chi connectivity index (χ0) is 8.43. The number of rotatable bonds is 3. The van der Waals surface area contributed by atoms with Gasteiger partial charge in [-0.2, -0.15) is 0 Å². The molecule has 0 radical (unpaired) electrons. The molecule has 64 valence electrons. The molecule has 0 spiro atoms. The molecule has 3 heteroatoms. The Balaban J connectivity index is 2.41. The topological polar surface area (TPSA) is 49.3 Å². The Morgan fingerprint density at radius 2 is 2.27 bits per heavy atom. The second kappa shape index (κ2) is 3.22. The Morgan fingerprint density at radius 1 is 1.64 bits per heavy atom. The first kappa shape index (κ1) is 8.53. The van der Waals surface area contributed by atoms with Crippen LogP contribution in [0.2, 0.25) is 0 Å². The van der Waals surface area contributed by atoms with E-state index in [1.807, 2.05) is 13.8 Å². The molecule has 11 heavy (non-hydrogen) atoms. The van der Waals surface area contributed by atoms with Crippen LogP contribution in [0.15, 0.2) is 0 Å². The minimum Gasteiger partial charge on any atom is -0.396 e. The molecule has 1 saturated heterocycles. The molecule has 1 rings (SSSR count). The second-order valence-electron chi connectivity index (χ2n) is 3.40. The van der Waals surface area contributed by atoms with E-state index in [0.717, 1.165) is 0 Å². The van der Waals surface area contributed by atoms with E-state index >= 15 is 0 Å². The zero-order valence-corrected chi connectivity index (χ0v) is 7.00. The van der Waals surface area contributed by atoms with Gasteiger partial charge in [-0.05, 0) is 12.3 Å². The highest BCUT2D eigenvalue weighted by molar-refractivity contribution is 5.86. The number of β-lactam (4-membered cyclic amide) rings is 1. The highest BCUT2D eigenvalue weighted by Gasteiger charge is 2.40. The molecule has 0 saturated carbocycles. The Hall–Kier alpha value is -0.570. The predicted molar refractivity (Wildman–Crippen MR) is 42.0 cm³/mol. The quantitative estimate of drug-likeness (QED) is 0.572. The van der Waals surface area contributed by atoms with Crippen molar-refractivity contribution >= 4 is 5.91 Å². The van der Waals surface area contributed by atoms with Crippen LogP contribution in [0.3, 0.4) is 0 Å². The number of hydrogen-bond donors (Lipinski definition) is 2. The number of hydrogen-bond acceptors (Lipinski definition) is 2. The highest BCUT2D eigenvalue weighted by Crippen LogP contribution is 2.25. The Bertz CT molecular complexity index is 156. The van der Waals surface area contributed by atoms with Crippen molar-refractivity contribution in [1.29, 1.82) is 0 Å². The highest BCUT2D eigenvalue weighted by atomic mass is 16.3. The molecule has 0 aromatic carbocycles. The molecule has 0 aliphatic carbocycles. The summed E-state index contributed by atoms with van der Waals surface area (Å²) in [6, 6.07) is 0.215. The molecule has 0 bridgehead atoms. The number of carbonyl (C=O) groups is 1. The van der Waals surface area contributed by atoms with E-state index in [2.05, 4.69) is 5.32 Å². The summed E-state index contributed by atoms with van der Waals surface area (Å²) in [5, 5.41) is 11.4. The number of amides is 1. The van der Waals surface area contributed by atoms with Crippen molar-refractivity contribution in [3.8, 4) is 0 Å². The molecule has 1 aliphatic heterocycles. The van der Waals surface area contributed by atoms with E-state index in [-0.39, 0.29) is 24.5 Å². The lowest BCUT2D eigenvalue weighted by molar-refractivity contribution is -0.137. The van der Waals surface area contributed by atoms with Crippen LogP contribution in [-0.2, 0) is 4.79 Å². The molecule has 1 aliphatic rings. The van der Waals surface area contributed by atoms with Gasteiger partial charge >= 0.3 is 0 Å². The van der Waals surface area contributed by atoms with Crippen LogP contribution >= 0.6 is 0 Å². The first-order valence-electron chi connectivity index (χ1n) is 4.08. The molecule has 1 fully saturated rings. The average Bonchev–Trinajstić information content (AvgIpc) is 1.85. The van der Waals surface area contributed by atoms with E-state index < -0.39 is 0 Å². The number of aliphatic hydroxyl groups excluding tert-OH is 1. The summed E-state index contributed by atoms with van der Waals surface area (Å²) >= 11 is 0. The van der Waals surface area contributed by atoms with Gasteiger partial charge in [0.25, 0.3) is 0 Å². The van der Waals surface area contributed by atoms with Crippen molar-refractivity contribution < 1.29 is 9.90 Å². The number of nitrogens with one attached hydrogen (secondary N) is 1. The Labute approximate surface area is 66.8 Å². The van der Waals surface area contributed by atoms with Crippen molar-refractivity contribution in [3.05, 3.63) is 0 Å². The third-order valence-electron chi connectivity index (χ3n) is 2.22. The van der Waals surface area contributed by atoms with E-state index in [1.54, 1.807) is 0 Å². The van der Waals surface area contributed by atoms with E-state index in [9.17, 15) is 4.79 Å². The molecule has 0 unspecified atom stereocenters. The molecule has 2 atom stereocenters. The summed E-state index contributed by atoms with van der Waals surface area (Å²) in [4.78, 5) is 11.0. The van der Waals surface area contributed by atoms with E-state index in [1.165, 1.54) is 0 Å². The van der Waals surface area contributed by atoms with Crippen molar-refractivity contribution in [1.82, 2.24) is 5.32 Å². The number of aliphatic hydroxyl groups is 1. The lowest BCUT2D eigenvalue weighted by Gasteiger charge is -2.39. The fourth-order valence-electron chi connectivity index (χ4n) is 1.61. The van der Waals surface area contributed by atoms with E-state index in [4.69, 9.17) is 5.11 Å². The van der Waals surface area contributed by atoms with Crippen LogP contribution in [-0.4, -0.2) is 23.7 Å². The summed E-state index contributed by atoms with van der Waals surface area (Å²) in [6.07, 6.45) is 0.689. The van der Waals surface area contributed by atoms with Gasteiger partial charge in [-0.25, -0.2) is 0 Å². The molecule has 1 heterocycles. The fourth-order valence-corrected chi connectivity index (χ4v) is 1.61. The van der Waals surface area contributed by atoms with Gasteiger partial charge in [0.1, 0.15) is 0 Å². The summed E-state index contributed by atoms with van der Waals surface area (Å²) < 4.78 is 0. The third-order valence-corrected chi connectivity index (χ3v) is 2.22. The van der Waals surface area contributed by atoms with Crippen LogP contribution in [0.5, 0.6) is 0 Å². The summed E-state index contributed by atoms with van der Waals surface area (Å²) in [7, 11) is 0. The summed E-state index contributed by atoms with van der Waals surface area (Å²) in [5.41, 5.74) is 0. The van der Waals surface area contributed by atoms with Gasteiger partial charge in [0.2, 0.25) is 5.91 Å². The summed E-state index contributed by atoms with van der Waals surface area (Å²) in [6.45, 7) is 4.23. The van der Waals surface area contributed by atoms with Crippen LogP contribution < -0.4 is 5.32 Å². The maximum absolute atomic E-state index is 11.0. The van der Waals surface area contributed by atoms with Crippen LogP contribution in [0.1, 0.15) is 20.3 Å². The molecule has 0 aromatic heterocycles. The van der Waals surface area contributed by atoms with Gasteiger partial charge in [-0.1, -0.05) is 13.8 Å². The first-order valence-corrected chi connectivity index (χ1v) is 4.08. The standard InChI is InChI=1S/C8H15NO2/c1-5(2)7-6(3-4-10)9-8(7)11/h5-7,10H,3-4H2,1-2H3,(H,9,11)/t6-,7-/m0/s1. The van der Waals surface area contributed by atoms with Gasteiger partial charge in [0, 0.05) is 12.6 Å². The van der Waals surface area contributed by atoms with E-state index in [0.29, 0.717) is 12.3 Å². The molecular weight excluding hydrogens is 142 g/mol. The van der Waals surface area contributed by atoms with Gasteiger partial charge < -0.3 is 10.4 Å². The third kappa shape index (κ3) is 1.53. The normalized spacial score (nSPS) is 30.0. The predicted octanol–water partition coefficient (Wildman–Crippen LogP) is 0.139. The zero-order valence-electron chi connectivity index (χ0n) is 7.00. The first-order chi connectivity index (χ1) is 5.16. The van der Waals surface area contributed by atoms with Crippen molar-refractivity contribution in [2.75, 3.05) is 6.61 Å². The van der Waals surface area contributed by atoms with Crippen molar-refractivity contribution in [2.45, 2.75) is 26.3 Å². The number of carbonyl (C=O) groups excluding carboxylic acids is 1. The minimum atomic E-state index is 0.127. The largest absolute Gasteiger partial charge is 0.396 e. The van der Waals surface area contributed by atoms with Gasteiger partial charge in [0.05, 0.1) is 5.92 Å². The average molecular weight is 157 g/mol. The molecule has 2 N–H and O–H groups in total. The smallest absolute Gasteiger partial charge is 0.225 e.